The monoisotopic (exact) mass is 460 g/mol. The lowest BCUT2D eigenvalue weighted by Crippen LogP contribution is -2.48. The van der Waals surface area contributed by atoms with E-state index in [4.69, 9.17) is 9.47 Å². The van der Waals surface area contributed by atoms with E-state index >= 15 is 0 Å². The van der Waals surface area contributed by atoms with Gasteiger partial charge in [0, 0.05) is 6.42 Å². The lowest BCUT2D eigenvalue weighted by Gasteiger charge is -2.23. The number of nitrogens with one attached hydrogen (secondary N) is 2. The fourth-order valence-electron chi connectivity index (χ4n) is 3.74. The van der Waals surface area contributed by atoms with Crippen LogP contribution in [0, 0.1) is 0 Å². The van der Waals surface area contributed by atoms with Gasteiger partial charge in [-0.15, -0.1) is 0 Å². The van der Waals surface area contributed by atoms with Crippen molar-refractivity contribution in [3.8, 4) is 17.2 Å². The summed E-state index contributed by atoms with van der Waals surface area (Å²) in [5, 5.41) is 15.1. The van der Waals surface area contributed by atoms with Crippen molar-refractivity contribution in [2.45, 2.75) is 24.9 Å². The number of fused-ring (bicyclic) bond motifs is 9. The van der Waals surface area contributed by atoms with Crippen molar-refractivity contribution in [3.05, 3.63) is 89.5 Å². The minimum absolute atomic E-state index is 0.0123. The molecule has 3 aromatic carbocycles. The molecule has 34 heavy (non-hydrogen) atoms. The van der Waals surface area contributed by atoms with Crippen LogP contribution in [0.15, 0.2) is 72.8 Å². The van der Waals surface area contributed by atoms with E-state index in [1.54, 1.807) is 48.5 Å². The van der Waals surface area contributed by atoms with Gasteiger partial charge in [0.05, 0.1) is 13.5 Å². The van der Waals surface area contributed by atoms with E-state index in [1.165, 1.54) is 19.2 Å². The average molecular weight is 460 g/mol. The average Bonchev–Trinajstić information content (AvgIpc) is 2.83. The van der Waals surface area contributed by atoms with Gasteiger partial charge in [-0.2, -0.15) is 0 Å². The Hall–Kier alpha value is -4.33. The molecule has 3 N–H and O–H groups in total. The molecule has 5 rings (SSSR count). The van der Waals surface area contributed by atoms with Gasteiger partial charge in [0.1, 0.15) is 29.3 Å². The van der Waals surface area contributed by atoms with Crippen molar-refractivity contribution < 1.29 is 29.0 Å². The van der Waals surface area contributed by atoms with Crippen LogP contribution in [0.3, 0.4) is 0 Å². The number of amides is 2. The molecule has 2 amide bonds. The molecular weight excluding hydrogens is 436 g/mol. The quantitative estimate of drug-likeness (QED) is 0.507. The van der Waals surface area contributed by atoms with Crippen LogP contribution in [0.2, 0.25) is 0 Å². The predicted octanol–water partition coefficient (Wildman–Crippen LogP) is 2.80. The minimum atomic E-state index is -1.09. The van der Waals surface area contributed by atoms with Gasteiger partial charge < -0.3 is 25.2 Å². The van der Waals surface area contributed by atoms with Crippen LogP contribution in [0.25, 0.3) is 0 Å². The van der Waals surface area contributed by atoms with Gasteiger partial charge >= 0.3 is 5.97 Å². The molecule has 2 heterocycles. The van der Waals surface area contributed by atoms with E-state index in [-0.39, 0.29) is 18.6 Å². The summed E-state index contributed by atoms with van der Waals surface area (Å²) in [6, 6.07) is 18.2. The summed E-state index contributed by atoms with van der Waals surface area (Å²) in [5.74, 6) is -0.378. The maximum absolute atomic E-state index is 13.3. The number of esters is 1. The zero-order valence-electron chi connectivity index (χ0n) is 18.5. The smallest absolute Gasteiger partial charge is 0.328 e. The Morgan fingerprint density at radius 3 is 2.38 bits per heavy atom. The largest absolute Gasteiger partial charge is 0.508 e. The van der Waals surface area contributed by atoms with Gasteiger partial charge in [-0.05, 0) is 53.1 Å². The fraction of sp³-hybridized carbons (Fsp3) is 0.192. The molecule has 2 atom stereocenters. The number of rotatable bonds is 2. The summed E-state index contributed by atoms with van der Waals surface area (Å²) in [6.45, 7) is 0. The molecule has 8 nitrogen and oxygen atoms in total. The molecule has 174 valence electrons. The van der Waals surface area contributed by atoms with E-state index in [0.29, 0.717) is 22.6 Å². The maximum Gasteiger partial charge on any atom is 0.328 e. The third-order valence-electron chi connectivity index (χ3n) is 5.46. The summed E-state index contributed by atoms with van der Waals surface area (Å²) >= 11 is 0. The summed E-state index contributed by atoms with van der Waals surface area (Å²) in [4.78, 5) is 38.6. The van der Waals surface area contributed by atoms with E-state index in [2.05, 4.69) is 10.6 Å². The van der Waals surface area contributed by atoms with Crippen molar-refractivity contribution in [1.29, 1.82) is 0 Å². The molecule has 3 aromatic rings. The molecule has 0 fully saturated rings. The second kappa shape index (κ2) is 10.1. The zero-order chi connectivity index (χ0) is 24.1. The van der Waals surface area contributed by atoms with Gasteiger partial charge in [-0.1, -0.05) is 36.4 Å². The van der Waals surface area contributed by atoms with E-state index in [9.17, 15) is 19.5 Å². The minimum Gasteiger partial charge on any atom is -0.508 e. The Morgan fingerprint density at radius 2 is 1.68 bits per heavy atom. The predicted molar refractivity (Wildman–Crippen MR) is 123 cm³/mol. The molecular formula is C26H24N2O6. The Labute approximate surface area is 196 Å². The number of ether oxygens (including phenoxy) is 2. The number of aromatic hydroxyl groups is 1. The molecule has 0 unspecified atom stereocenters. The topological polar surface area (TPSA) is 114 Å². The van der Waals surface area contributed by atoms with Crippen LogP contribution in [0.4, 0.5) is 0 Å². The standard InChI is InChI=1S/C26H24N2O6/c1-33-26(32)22-14-16-5-11-20(12-6-16)34-21-4-2-3-17(13-21)15-23(30)28-24(25(31)27-22)18-7-9-19(29)10-8-18/h2-13,22,24,29H,14-15H2,1H3,(H,27,31)(H,28,30)/t22-,24-/m1/s1. The molecule has 0 saturated heterocycles. The van der Waals surface area contributed by atoms with E-state index in [0.717, 1.165) is 5.56 Å². The SMILES string of the molecule is COC(=O)[C@H]1Cc2ccc(cc2)Oc2cccc(c2)CC(=O)N[C@H](c2ccc(O)cc2)C(=O)N1. The first-order valence-corrected chi connectivity index (χ1v) is 10.7. The van der Waals surface area contributed by atoms with Crippen LogP contribution in [-0.4, -0.2) is 36.0 Å². The molecule has 0 saturated carbocycles. The molecule has 0 radical (unpaired) electrons. The van der Waals surface area contributed by atoms with E-state index in [1.807, 2.05) is 12.1 Å². The number of hydrogen-bond donors (Lipinski definition) is 3. The molecule has 8 heteroatoms. The highest BCUT2D eigenvalue weighted by Gasteiger charge is 2.29. The Kier molecular flexibility index (Phi) is 6.77. The first-order valence-electron chi connectivity index (χ1n) is 10.7. The van der Waals surface area contributed by atoms with Crippen molar-refractivity contribution in [2.24, 2.45) is 0 Å². The third kappa shape index (κ3) is 5.53. The lowest BCUT2D eigenvalue weighted by molar-refractivity contribution is -0.145. The number of methoxy groups -OCH3 is 1. The maximum atomic E-state index is 13.3. The van der Waals surface area contributed by atoms with Crippen molar-refractivity contribution in [1.82, 2.24) is 10.6 Å². The molecule has 2 aliphatic rings. The second-order valence-corrected chi connectivity index (χ2v) is 7.95. The number of phenolic OH excluding ortho intramolecular Hbond substituents is 1. The van der Waals surface area contributed by atoms with Crippen molar-refractivity contribution in [3.63, 3.8) is 0 Å². The van der Waals surface area contributed by atoms with Crippen molar-refractivity contribution in [2.75, 3.05) is 7.11 Å². The summed E-state index contributed by atoms with van der Waals surface area (Å²) in [7, 11) is 1.25. The highest BCUT2D eigenvalue weighted by molar-refractivity contribution is 5.92. The Bertz CT molecular complexity index is 1190. The van der Waals surface area contributed by atoms with Crippen LogP contribution in [-0.2, 0) is 32.0 Å². The molecule has 0 aliphatic carbocycles. The van der Waals surface area contributed by atoms with Crippen LogP contribution in [0.1, 0.15) is 22.7 Å². The van der Waals surface area contributed by atoms with Crippen LogP contribution in [0.5, 0.6) is 17.2 Å². The Balaban J connectivity index is 1.72. The first kappa shape index (κ1) is 22.8. The summed E-state index contributed by atoms with van der Waals surface area (Å²) in [6.07, 6.45) is 0.197. The van der Waals surface area contributed by atoms with Gasteiger partial charge in [0.2, 0.25) is 11.8 Å². The van der Waals surface area contributed by atoms with Crippen LogP contribution < -0.4 is 15.4 Å². The number of benzene rings is 3. The van der Waals surface area contributed by atoms with Gasteiger partial charge in [0.15, 0.2) is 0 Å². The highest BCUT2D eigenvalue weighted by atomic mass is 16.5. The molecule has 0 aromatic heterocycles. The van der Waals surface area contributed by atoms with Gasteiger partial charge in [-0.25, -0.2) is 4.79 Å². The van der Waals surface area contributed by atoms with E-state index < -0.39 is 29.9 Å². The molecule has 0 spiro atoms. The highest BCUT2D eigenvalue weighted by Crippen LogP contribution is 2.24. The van der Waals surface area contributed by atoms with Gasteiger partial charge in [0.25, 0.3) is 0 Å². The Morgan fingerprint density at radius 1 is 0.941 bits per heavy atom. The lowest BCUT2D eigenvalue weighted by atomic mass is 10.0. The number of carbonyl (C=O) groups excluding carboxylic acids is 3. The number of carbonyl (C=O) groups is 3. The number of hydrogen-bond acceptors (Lipinski definition) is 6. The molecule has 4 bridgehead atoms. The zero-order valence-corrected chi connectivity index (χ0v) is 18.5. The third-order valence-corrected chi connectivity index (χ3v) is 5.46. The first-order chi connectivity index (χ1) is 16.4. The summed E-state index contributed by atoms with van der Waals surface area (Å²) in [5.41, 5.74) is 1.94. The second-order valence-electron chi connectivity index (χ2n) is 7.95. The fourth-order valence-corrected chi connectivity index (χ4v) is 3.74. The normalized spacial score (nSPS) is 18.4. The van der Waals surface area contributed by atoms with Gasteiger partial charge in [-0.3, -0.25) is 9.59 Å². The number of phenols is 1. The summed E-state index contributed by atoms with van der Waals surface area (Å²) < 4.78 is 10.8. The van der Waals surface area contributed by atoms with Crippen LogP contribution >= 0.6 is 0 Å². The molecule has 2 aliphatic heterocycles. The van der Waals surface area contributed by atoms with Crippen molar-refractivity contribution >= 4 is 17.8 Å².